The first-order valence-electron chi connectivity index (χ1n) is 5.11. The molecule has 7 heteroatoms. The van der Waals surface area contributed by atoms with Gasteiger partial charge in [0, 0.05) is 28.7 Å². The van der Waals surface area contributed by atoms with Gasteiger partial charge in [0.2, 0.25) is 10.0 Å². The monoisotopic (exact) mass is 338 g/mol. The fourth-order valence-electron chi connectivity index (χ4n) is 1.26. The van der Waals surface area contributed by atoms with E-state index in [1.165, 1.54) is 6.20 Å². The largest absolute Gasteiger partial charge is 0.262 e. The molecule has 1 unspecified atom stereocenters. The van der Waals surface area contributed by atoms with Gasteiger partial charge in [-0.3, -0.25) is 4.98 Å². The Hall–Kier alpha value is -0.110. The molecular formula is C10H15BrN2O2S2. The number of hydrogen-bond donors (Lipinski definition) is 1. The molecule has 0 saturated carbocycles. The number of nitrogens with one attached hydrogen (secondary N) is 1. The van der Waals surface area contributed by atoms with Crippen molar-refractivity contribution in [2.75, 3.05) is 12.0 Å². The molecule has 1 atom stereocenters. The fraction of sp³-hybridized carbons (Fsp3) is 0.500. The maximum absolute atomic E-state index is 12.0. The number of sulfonamides is 1. The predicted molar refractivity (Wildman–Crippen MR) is 74.7 cm³/mol. The van der Waals surface area contributed by atoms with Crippen LogP contribution < -0.4 is 4.72 Å². The molecular weight excluding hydrogens is 324 g/mol. The lowest BCUT2D eigenvalue weighted by Gasteiger charge is -2.15. The van der Waals surface area contributed by atoms with Crippen LogP contribution in [0.25, 0.3) is 0 Å². The molecule has 1 aromatic rings. The summed E-state index contributed by atoms with van der Waals surface area (Å²) in [4.78, 5) is 4.04. The summed E-state index contributed by atoms with van der Waals surface area (Å²) in [5.74, 6) is 0.761. The standard InChI is InChI=1S/C10H15BrN2O2S2/c1-3-9(7-16-2)13-17(14,15)10-4-8(11)5-12-6-10/h4-6,9,13H,3,7H2,1-2H3. The summed E-state index contributed by atoms with van der Waals surface area (Å²) >= 11 is 4.83. The zero-order valence-electron chi connectivity index (χ0n) is 9.68. The molecule has 0 fully saturated rings. The van der Waals surface area contributed by atoms with Gasteiger partial charge in [-0.15, -0.1) is 0 Å². The molecule has 1 rings (SSSR count). The van der Waals surface area contributed by atoms with Crippen molar-refractivity contribution < 1.29 is 8.42 Å². The van der Waals surface area contributed by atoms with Crippen molar-refractivity contribution in [1.29, 1.82) is 0 Å². The van der Waals surface area contributed by atoms with Gasteiger partial charge >= 0.3 is 0 Å². The van der Waals surface area contributed by atoms with Crippen LogP contribution in [0.5, 0.6) is 0 Å². The van der Waals surface area contributed by atoms with Gasteiger partial charge in [-0.1, -0.05) is 6.92 Å². The van der Waals surface area contributed by atoms with Gasteiger partial charge in [-0.25, -0.2) is 13.1 Å². The van der Waals surface area contributed by atoms with Gasteiger partial charge in [0.05, 0.1) is 0 Å². The molecule has 4 nitrogen and oxygen atoms in total. The third-order valence-electron chi connectivity index (χ3n) is 2.17. The number of rotatable bonds is 6. The molecule has 1 N–H and O–H groups in total. The minimum Gasteiger partial charge on any atom is -0.262 e. The lowest BCUT2D eigenvalue weighted by molar-refractivity contribution is 0.558. The van der Waals surface area contributed by atoms with Crippen LogP contribution in [0.2, 0.25) is 0 Å². The van der Waals surface area contributed by atoms with Crippen LogP contribution in [0.4, 0.5) is 0 Å². The van der Waals surface area contributed by atoms with Crippen LogP contribution in [-0.4, -0.2) is 31.5 Å². The summed E-state index contributed by atoms with van der Waals surface area (Å²) in [6.45, 7) is 1.96. The van der Waals surface area contributed by atoms with Crippen molar-refractivity contribution >= 4 is 37.7 Å². The van der Waals surface area contributed by atoms with E-state index in [2.05, 4.69) is 25.6 Å². The SMILES string of the molecule is CCC(CSC)NS(=O)(=O)c1cncc(Br)c1. The van der Waals surface area contributed by atoms with Crippen molar-refractivity contribution in [3.05, 3.63) is 22.9 Å². The Labute approximate surface area is 115 Å². The van der Waals surface area contributed by atoms with Crippen molar-refractivity contribution in [3.8, 4) is 0 Å². The third kappa shape index (κ3) is 4.57. The van der Waals surface area contributed by atoms with Gasteiger partial charge in [-0.2, -0.15) is 11.8 Å². The summed E-state index contributed by atoms with van der Waals surface area (Å²) in [5.41, 5.74) is 0. The molecule has 17 heavy (non-hydrogen) atoms. The maximum atomic E-state index is 12.0. The summed E-state index contributed by atoms with van der Waals surface area (Å²) in [5, 5.41) is 0. The topological polar surface area (TPSA) is 59.1 Å². The molecule has 0 radical (unpaired) electrons. The van der Waals surface area contributed by atoms with E-state index in [9.17, 15) is 8.42 Å². The maximum Gasteiger partial charge on any atom is 0.242 e. The first-order valence-corrected chi connectivity index (χ1v) is 8.78. The minimum absolute atomic E-state index is 0.0472. The first-order chi connectivity index (χ1) is 7.99. The van der Waals surface area contributed by atoms with E-state index in [4.69, 9.17) is 0 Å². The Morgan fingerprint density at radius 1 is 1.53 bits per heavy atom. The minimum atomic E-state index is -3.47. The van der Waals surface area contributed by atoms with Crippen molar-refractivity contribution in [1.82, 2.24) is 9.71 Å². The zero-order chi connectivity index (χ0) is 12.9. The van der Waals surface area contributed by atoms with Crippen molar-refractivity contribution in [2.45, 2.75) is 24.3 Å². The van der Waals surface area contributed by atoms with E-state index < -0.39 is 10.0 Å². The van der Waals surface area contributed by atoms with Crippen LogP contribution in [-0.2, 0) is 10.0 Å². The number of pyridine rings is 1. The molecule has 0 amide bonds. The number of hydrogen-bond acceptors (Lipinski definition) is 4. The van der Waals surface area contributed by atoms with Crippen LogP contribution in [0.1, 0.15) is 13.3 Å². The second-order valence-electron chi connectivity index (χ2n) is 3.52. The molecule has 0 bridgehead atoms. The van der Waals surface area contributed by atoms with Gasteiger partial charge in [0.1, 0.15) is 4.90 Å². The van der Waals surface area contributed by atoms with Crippen LogP contribution in [0.3, 0.4) is 0 Å². The number of halogens is 1. The molecule has 0 aliphatic heterocycles. The van der Waals surface area contributed by atoms with Crippen LogP contribution in [0.15, 0.2) is 27.8 Å². The Morgan fingerprint density at radius 3 is 2.76 bits per heavy atom. The Morgan fingerprint density at radius 2 is 2.24 bits per heavy atom. The van der Waals surface area contributed by atoms with E-state index in [1.54, 1.807) is 24.0 Å². The van der Waals surface area contributed by atoms with E-state index in [1.807, 2.05) is 13.2 Å². The molecule has 0 spiro atoms. The number of aromatic nitrogens is 1. The summed E-state index contributed by atoms with van der Waals surface area (Å²) < 4.78 is 27.4. The Bertz CT molecular complexity index is 465. The van der Waals surface area contributed by atoms with Gasteiger partial charge in [0.25, 0.3) is 0 Å². The van der Waals surface area contributed by atoms with Crippen molar-refractivity contribution in [2.24, 2.45) is 0 Å². The highest BCUT2D eigenvalue weighted by Gasteiger charge is 2.19. The van der Waals surface area contributed by atoms with Crippen LogP contribution >= 0.6 is 27.7 Å². The summed E-state index contributed by atoms with van der Waals surface area (Å²) in [6, 6.07) is 1.50. The van der Waals surface area contributed by atoms with E-state index in [0.29, 0.717) is 4.47 Å². The smallest absolute Gasteiger partial charge is 0.242 e. The van der Waals surface area contributed by atoms with E-state index >= 15 is 0 Å². The average Bonchev–Trinajstić information content (AvgIpc) is 2.28. The highest BCUT2D eigenvalue weighted by molar-refractivity contribution is 9.10. The van der Waals surface area contributed by atoms with E-state index in [0.717, 1.165) is 12.2 Å². The lowest BCUT2D eigenvalue weighted by Crippen LogP contribution is -2.36. The van der Waals surface area contributed by atoms with Crippen molar-refractivity contribution in [3.63, 3.8) is 0 Å². The molecule has 0 aromatic carbocycles. The fourth-order valence-corrected chi connectivity index (χ4v) is 3.91. The molecule has 1 heterocycles. The highest BCUT2D eigenvalue weighted by Crippen LogP contribution is 2.15. The Kier molecular flexibility index (Phi) is 5.91. The quantitative estimate of drug-likeness (QED) is 0.864. The van der Waals surface area contributed by atoms with E-state index in [-0.39, 0.29) is 10.9 Å². The molecule has 0 saturated heterocycles. The predicted octanol–water partition coefficient (Wildman–Crippen LogP) is 2.26. The average molecular weight is 339 g/mol. The highest BCUT2D eigenvalue weighted by atomic mass is 79.9. The number of nitrogens with zero attached hydrogens (tertiary/aromatic N) is 1. The van der Waals surface area contributed by atoms with Gasteiger partial charge in [-0.05, 0) is 34.7 Å². The zero-order valence-corrected chi connectivity index (χ0v) is 12.9. The molecule has 0 aliphatic carbocycles. The Balaban J connectivity index is 2.88. The first kappa shape index (κ1) is 14.9. The molecule has 1 aromatic heterocycles. The summed E-state index contributed by atoms with van der Waals surface area (Å²) in [6.07, 6.45) is 5.62. The second kappa shape index (κ2) is 6.72. The number of thioether (sulfide) groups is 1. The molecule has 96 valence electrons. The van der Waals surface area contributed by atoms with Gasteiger partial charge in [0.15, 0.2) is 0 Å². The van der Waals surface area contributed by atoms with Crippen LogP contribution in [0, 0.1) is 0 Å². The molecule has 0 aliphatic rings. The summed E-state index contributed by atoms with van der Waals surface area (Å²) in [7, 11) is -3.47. The second-order valence-corrected chi connectivity index (χ2v) is 7.06. The normalized spacial score (nSPS) is 13.6. The lowest BCUT2D eigenvalue weighted by atomic mass is 10.3. The van der Waals surface area contributed by atoms with Gasteiger partial charge < -0.3 is 0 Å². The third-order valence-corrected chi connectivity index (χ3v) is 4.83.